The summed E-state index contributed by atoms with van der Waals surface area (Å²) in [7, 11) is 0. The zero-order valence-corrected chi connectivity index (χ0v) is 15.5. The third-order valence-corrected chi connectivity index (χ3v) is 5.19. The Kier molecular flexibility index (Phi) is 6.93. The maximum atomic E-state index is 13.6. The van der Waals surface area contributed by atoms with E-state index in [1.165, 1.54) is 6.07 Å². The first kappa shape index (κ1) is 20.6. The maximum Gasteiger partial charge on any atom is 0.234 e. The number of ether oxygens (including phenoxy) is 1. The van der Waals surface area contributed by atoms with Gasteiger partial charge < -0.3 is 20.5 Å². The lowest BCUT2D eigenvalue weighted by Gasteiger charge is -2.26. The van der Waals surface area contributed by atoms with E-state index in [2.05, 4.69) is 10.6 Å². The van der Waals surface area contributed by atoms with Gasteiger partial charge in [0.15, 0.2) is 0 Å². The SMILES string of the molecule is O=C(CN1CCOCC1)N[C@@H]1C[C@H](C(=O)NCc2ccc(F)cc2F)C[C@H]1O. The molecule has 1 aliphatic heterocycles. The summed E-state index contributed by atoms with van der Waals surface area (Å²) in [5.41, 5.74) is 0.184. The van der Waals surface area contributed by atoms with Crippen molar-refractivity contribution in [2.24, 2.45) is 5.92 Å². The third kappa shape index (κ3) is 5.46. The predicted molar refractivity (Wildman–Crippen MR) is 96.1 cm³/mol. The molecule has 2 aliphatic rings. The molecule has 3 rings (SSSR count). The molecule has 1 aromatic rings. The highest BCUT2D eigenvalue weighted by Crippen LogP contribution is 2.26. The number of morpholine rings is 1. The van der Waals surface area contributed by atoms with Gasteiger partial charge in [-0.3, -0.25) is 14.5 Å². The lowest BCUT2D eigenvalue weighted by molar-refractivity contribution is -0.126. The molecule has 7 nitrogen and oxygen atoms in total. The number of rotatable bonds is 6. The first-order valence-corrected chi connectivity index (χ1v) is 9.41. The average Bonchev–Trinajstić information content (AvgIpc) is 3.02. The molecule has 0 bridgehead atoms. The molecule has 3 atom stereocenters. The normalized spacial score (nSPS) is 25.5. The second kappa shape index (κ2) is 9.40. The van der Waals surface area contributed by atoms with E-state index in [9.17, 15) is 23.5 Å². The quantitative estimate of drug-likeness (QED) is 0.637. The van der Waals surface area contributed by atoms with Crippen LogP contribution in [0.5, 0.6) is 0 Å². The highest BCUT2D eigenvalue weighted by Gasteiger charge is 2.37. The summed E-state index contributed by atoms with van der Waals surface area (Å²) in [6, 6.07) is 2.68. The summed E-state index contributed by atoms with van der Waals surface area (Å²) in [6.07, 6.45) is -0.277. The van der Waals surface area contributed by atoms with Crippen molar-refractivity contribution in [2.75, 3.05) is 32.8 Å². The molecule has 9 heteroatoms. The number of aliphatic hydroxyl groups is 1. The van der Waals surface area contributed by atoms with E-state index in [1.807, 2.05) is 4.90 Å². The molecule has 1 saturated heterocycles. The zero-order valence-electron chi connectivity index (χ0n) is 15.5. The van der Waals surface area contributed by atoms with Crippen LogP contribution in [0.15, 0.2) is 18.2 Å². The van der Waals surface area contributed by atoms with Crippen LogP contribution >= 0.6 is 0 Å². The van der Waals surface area contributed by atoms with Gasteiger partial charge in [-0.2, -0.15) is 0 Å². The number of halogens is 2. The maximum absolute atomic E-state index is 13.6. The summed E-state index contributed by atoms with van der Waals surface area (Å²) < 4.78 is 31.8. The number of carbonyl (C=O) groups excluding carboxylic acids is 2. The fraction of sp³-hybridized carbons (Fsp3) is 0.579. The molecule has 0 unspecified atom stereocenters. The van der Waals surface area contributed by atoms with Crippen LogP contribution in [-0.4, -0.2) is 66.8 Å². The summed E-state index contributed by atoms with van der Waals surface area (Å²) in [5, 5.41) is 15.6. The molecule has 28 heavy (non-hydrogen) atoms. The Labute approximate surface area is 162 Å². The first-order valence-electron chi connectivity index (χ1n) is 9.41. The minimum Gasteiger partial charge on any atom is -0.391 e. The Morgan fingerprint density at radius 2 is 1.96 bits per heavy atom. The van der Waals surface area contributed by atoms with Crippen molar-refractivity contribution in [1.82, 2.24) is 15.5 Å². The summed E-state index contributed by atoms with van der Waals surface area (Å²) in [6.45, 7) is 2.72. The number of hydrogen-bond donors (Lipinski definition) is 3. The van der Waals surface area contributed by atoms with Crippen LogP contribution in [0.1, 0.15) is 18.4 Å². The van der Waals surface area contributed by atoms with Crippen molar-refractivity contribution in [3.8, 4) is 0 Å². The molecule has 1 aliphatic carbocycles. The minimum atomic E-state index is -0.813. The lowest BCUT2D eigenvalue weighted by Crippen LogP contribution is -2.47. The number of benzene rings is 1. The van der Waals surface area contributed by atoms with E-state index in [0.717, 1.165) is 12.1 Å². The van der Waals surface area contributed by atoms with Crippen LogP contribution in [0.3, 0.4) is 0 Å². The zero-order chi connectivity index (χ0) is 20.1. The third-order valence-electron chi connectivity index (χ3n) is 5.19. The van der Waals surface area contributed by atoms with Crippen molar-refractivity contribution < 1.29 is 28.2 Å². The van der Waals surface area contributed by atoms with Gasteiger partial charge in [0.25, 0.3) is 0 Å². The van der Waals surface area contributed by atoms with Crippen LogP contribution in [0.2, 0.25) is 0 Å². The van der Waals surface area contributed by atoms with Crippen molar-refractivity contribution in [3.63, 3.8) is 0 Å². The number of nitrogens with zero attached hydrogens (tertiary/aromatic N) is 1. The van der Waals surface area contributed by atoms with Crippen LogP contribution in [0.25, 0.3) is 0 Å². The van der Waals surface area contributed by atoms with E-state index in [4.69, 9.17) is 4.74 Å². The highest BCUT2D eigenvalue weighted by molar-refractivity contribution is 5.80. The topological polar surface area (TPSA) is 90.9 Å². The summed E-state index contributed by atoms with van der Waals surface area (Å²) >= 11 is 0. The molecule has 2 fully saturated rings. The minimum absolute atomic E-state index is 0.0639. The largest absolute Gasteiger partial charge is 0.391 e. The Morgan fingerprint density at radius 1 is 1.21 bits per heavy atom. The van der Waals surface area contributed by atoms with E-state index in [-0.39, 0.29) is 36.9 Å². The second-order valence-electron chi connectivity index (χ2n) is 7.25. The van der Waals surface area contributed by atoms with Gasteiger partial charge in [-0.25, -0.2) is 8.78 Å². The molecule has 0 radical (unpaired) electrons. The Bertz CT molecular complexity index is 712. The smallest absolute Gasteiger partial charge is 0.234 e. The van der Waals surface area contributed by atoms with Gasteiger partial charge in [0.2, 0.25) is 11.8 Å². The van der Waals surface area contributed by atoms with Gasteiger partial charge >= 0.3 is 0 Å². The number of aliphatic hydroxyl groups excluding tert-OH is 1. The number of nitrogens with one attached hydrogen (secondary N) is 2. The van der Waals surface area contributed by atoms with Gasteiger partial charge in [0.1, 0.15) is 11.6 Å². The molecule has 154 valence electrons. The van der Waals surface area contributed by atoms with Gasteiger partial charge in [-0.15, -0.1) is 0 Å². The van der Waals surface area contributed by atoms with Gasteiger partial charge in [0, 0.05) is 37.2 Å². The van der Waals surface area contributed by atoms with Crippen LogP contribution in [-0.2, 0) is 20.9 Å². The van der Waals surface area contributed by atoms with Gasteiger partial charge in [-0.1, -0.05) is 6.07 Å². The number of hydrogen-bond acceptors (Lipinski definition) is 5. The van der Waals surface area contributed by atoms with Crippen molar-refractivity contribution >= 4 is 11.8 Å². The molecule has 1 aromatic carbocycles. The monoisotopic (exact) mass is 397 g/mol. The average molecular weight is 397 g/mol. The van der Waals surface area contributed by atoms with Crippen LogP contribution < -0.4 is 10.6 Å². The molecular weight excluding hydrogens is 372 g/mol. The van der Waals surface area contributed by atoms with E-state index in [1.54, 1.807) is 0 Å². The summed E-state index contributed by atoms with van der Waals surface area (Å²) in [4.78, 5) is 26.5. The highest BCUT2D eigenvalue weighted by atomic mass is 19.1. The Hall–Kier alpha value is -2.10. The molecular formula is C19H25F2N3O4. The van der Waals surface area contributed by atoms with Crippen molar-refractivity contribution in [3.05, 3.63) is 35.4 Å². The standard InChI is InChI=1S/C19H25F2N3O4/c20-14-2-1-12(15(21)9-14)10-22-19(27)13-7-16(17(25)8-13)23-18(26)11-24-3-5-28-6-4-24/h1-2,9,13,16-17,25H,3-8,10-11H2,(H,22,27)(H,23,26)/t13-,16+,17+/m0/s1. The molecule has 1 heterocycles. The molecule has 2 amide bonds. The Balaban J connectivity index is 1.45. The lowest BCUT2D eigenvalue weighted by atomic mass is 10.1. The fourth-order valence-electron chi connectivity index (χ4n) is 3.59. The van der Waals surface area contributed by atoms with Gasteiger partial charge in [0.05, 0.1) is 31.9 Å². The summed E-state index contributed by atoms with van der Waals surface area (Å²) in [5.74, 6) is -2.40. The van der Waals surface area contributed by atoms with Crippen molar-refractivity contribution in [1.29, 1.82) is 0 Å². The molecule has 3 N–H and O–H groups in total. The molecule has 1 saturated carbocycles. The number of carbonyl (C=O) groups is 2. The molecule has 0 spiro atoms. The van der Waals surface area contributed by atoms with E-state index in [0.29, 0.717) is 32.7 Å². The molecule has 0 aromatic heterocycles. The van der Waals surface area contributed by atoms with Gasteiger partial charge in [-0.05, 0) is 18.9 Å². The van der Waals surface area contributed by atoms with E-state index >= 15 is 0 Å². The van der Waals surface area contributed by atoms with E-state index < -0.39 is 29.7 Å². The predicted octanol–water partition coefficient (Wildman–Crippen LogP) is 0.169. The second-order valence-corrected chi connectivity index (χ2v) is 7.25. The fourth-order valence-corrected chi connectivity index (χ4v) is 3.59. The van der Waals surface area contributed by atoms with Crippen LogP contribution in [0, 0.1) is 17.6 Å². The van der Waals surface area contributed by atoms with Crippen LogP contribution in [0.4, 0.5) is 8.78 Å². The number of amides is 2. The van der Waals surface area contributed by atoms with Crippen molar-refractivity contribution in [2.45, 2.75) is 31.5 Å². The Morgan fingerprint density at radius 3 is 2.68 bits per heavy atom. The first-order chi connectivity index (χ1) is 13.4.